The number of hydrogen-bond acceptors (Lipinski definition) is 3. The Hall–Kier alpha value is -1.10. The van der Waals surface area contributed by atoms with Crippen molar-refractivity contribution in [2.45, 2.75) is 83.6 Å². The number of carboxylic acids is 1. The maximum Gasteiger partial charge on any atom is 0.321 e. The molecule has 0 aromatic heterocycles. The van der Waals surface area contributed by atoms with Gasteiger partial charge in [0.25, 0.3) is 0 Å². The first-order valence-corrected chi connectivity index (χ1v) is 8.33. The van der Waals surface area contributed by atoms with Crippen LogP contribution in [0.1, 0.15) is 77.6 Å². The van der Waals surface area contributed by atoms with E-state index in [1.165, 1.54) is 51.4 Å². The average molecular weight is 300 g/mol. The number of nitrogens with two attached hydrogens (primary N) is 1. The number of nitrogens with one attached hydrogen (secondary N) is 1. The summed E-state index contributed by atoms with van der Waals surface area (Å²) < 4.78 is 0. The van der Waals surface area contributed by atoms with Gasteiger partial charge >= 0.3 is 5.97 Å². The Labute approximate surface area is 128 Å². The highest BCUT2D eigenvalue weighted by Crippen LogP contribution is 2.10. The third-order valence-electron chi connectivity index (χ3n) is 3.58. The lowest BCUT2D eigenvalue weighted by molar-refractivity contribution is -0.140. The Balaban J connectivity index is 3.25. The maximum absolute atomic E-state index is 11.4. The maximum atomic E-state index is 11.4. The number of carbonyl (C=O) groups is 2. The Morgan fingerprint density at radius 1 is 0.952 bits per heavy atom. The number of carboxylic acid groups (broad SMARTS) is 1. The van der Waals surface area contributed by atoms with Crippen molar-refractivity contribution < 1.29 is 14.7 Å². The smallest absolute Gasteiger partial charge is 0.321 e. The van der Waals surface area contributed by atoms with Gasteiger partial charge in [0.05, 0.1) is 6.42 Å². The van der Waals surface area contributed by atoms with Crippen molar-refractivity contribution in [3.05, 3.63) is 0 Å². The predicted molar refractivity (Wildman–Crippen MR) is 85.1 cm³/mol. The molecule has 0 bridgehead atoms. The topological polar surface area (TPSA) is 92.4 Å². The standard InChI is InChI=1S/C16H32N2O3/c1-2-3-4-5-6-7-8-9-10-11-12-18-15(19)13-14(17)16(20)21/h14H,2-13,17H2,1H3,(H,18,19)(H,20,21)/t14-/m0/s1. The van der Waals surface area contributed by atoms with E-state index in [2.05, 4.69) is 12.2 Å². The van der Waals surface area contributed by atoms with Crippen LogP contribution in [0.4, 0.5) is 0 Å². The van der Waals surface area contributed by atoms with Crippen LogP contribution in [0.2, 0.25) is 0 Å². The molecule has 0 saturated heterocycles. The molecule has 0 radical (unpaired) electrons. The van der Waals surface area contributed by atoms with Crippen molar-refractivity contribution >= 4 is 11.9 Å². The Kier molecular flexibility index (Phi) is 13.1. The molecule has 0 aromatic carbocycles. The zero-order chi connectivity index (χ0) is 15.9. The first-order chi connectivity index (χ1) is 10.1. The van der Waals surface area contributed by atoms with Crippen molar-refractivity contribution in [3.63, 3.8) is 0 Å². The molecule has 0 aliphatic rings. The van der Waals surface area contributed by atoms with E-state index in [-0.39, 0.29) is 12.3 Å². The normalized spacial score (nSPS) is 12.1. The van der Waals surface area contributed by atoms with Crippen LogP contribution in [-0.2, 0) is 9.59 Å². The van der Waals surface area contributed by atoms with E-state index < -0.39 is 12.0 Å². The molecular formula is C16H32N2O3. The molecular weight excluding hydrogens is 268 g/mol. The predicted octanol–water partition coefficient (Wildman–Crippen LogP) is 2.83. The van der Waals surface area contributed by atoms with E-state index in [4.69, 9.17) is 10.8 Å². The summed E-state index contributed by atoms with van der Waals surface area (Å²) in [6, 6.07) is -1.10. The molecule has 0 rings (SSSR count). The summed E-state index contributed by atoms with van der Waals surface area (Å²) >= 11 is 0. The first-order valence-electron chi connectivity index (χ1n) is 8.33. The van der Waals surface area contributed by atoms with Crippen molar-refractivity contribution in [1.82, 2.24) is 5.32 Å². The molecule has 21 heavy (non-hydrogen) atoms. The second-order valence-corrected chi connectivity index (χ2v) is 5.68. The third kappa shape index (κ3) is 13.6. The van der Waals surface area contributed by atoms with Gasteiger partial charge < -0.3 is 16.2 Å². The number of carbonyl (C=O) groups excluding carboxylic acids is 1. The molecule has 0 unspecified atom stereocenters. The second-order valence-electron chi connectivity index (χ2n) is 5.68. The summed E-state index contributed by atoms with van der Waals surface area (Å²) in [6.07, 6.45) is 12.4. The molecule has 5 heteroatoms. The fourth-order valence-corrected chi connectivity index (χ4v) is 2.20. The van der Waals surface area contributed by atoms with Gasteiger partial charge in [0.1, 0.15) is 6.04 Å². The molecule has 0 heterocycles. The number of hydrogen-bond donors (Lipinski definition) is 3. The highest BCUT2D eigenvalue weighted by atomic mass is 16.4. The van der Waals surface area contributed by atoms with Gasteiger partial charge in [0, 0.05) is 6.54 Å². The van der Waals surface area contributed by atoms with E-state index in [1.54, 1.807) is 0 Å². The van der Waals surface area contributed by atoms with Gasteiger partial charge in [0.15, 0.2) is 0 Å². The molecule has 0 aromatic rings. The summed E-state index contributed by atoms with van der Waals surface area (Å²) in [7, 11) is 0. The van der Waals surface area contributed by atoms with Crippen LogP contribution < -0.4 is 11.1 Å². The van der Waals surface area contributed by atoms with E-state index in [0.717, 1.165) is 12.8 Å². The fraction of sp³-hybridized carbons (Fsp3) is 0.875. The number of rotatable bonds is 14. The molecule has 0 aliphatic carbocycles. The Morgan fingerprint density at radius 2 is 1.43 bits per heavy atom. The first kappa shape index (κ1) is 19.9. The lowest BCUT2D eigenvalue weighted by atomic mass is 10.1. The summed E-state index contributed by atoms with van der Waals surface area (Å²) in [6.45, 7) is 2.84. The molecule has 4 N–H and O–H groups in total. The van der Waals surface area contributed by atoms with Crippen molar-refractivity contribution in [1.29, 1.82) is 0 Å². The lowest BCUT2D eigenvalue weighted by Crippen LogP contribution is -2.37. The third-order valence-corrected chi connectivity index (χ3v) is 3.58. The van der Waals surface area contributed by atoms with Crippen LogP contribution in [0.15, 0.2) is 0 Å². The van der Waals surface area contributed by atoms with Gasteiger partial charge in [-0.05, 0) is 6.42 Å². The molecule has 1 amide bonds. The minimum atomic E-state index is -1.14. The SMILES string of the molecule is CCCCCCCCCCCCNC(=O)C[C@H](N)C(=O)O. The lowest BCUT2D eigenvalue weighted by Gasteiger charge is -2.07. The average Bonchev–Trinajstić information content (AvgIpc) is 2.44. The van der Waals surface area contributed by atoms with Gasteiger partial charge in [-0.2, -0.15) is 0 Å². The van der Waals surface area contributed by atoms with Gasteiger partial charge in [0.2, 0.25) is 5.91 Å². The Morgan fingerprint density at radius 3 is 1.90 bits per heavy atom. The number of aliphatic carboxylic acids is 1. The molecule has 1 atom stereocenters. The van der Waals surface area contributed by atoms with Gasteiger partial charge in [-0.25, -0.2) is 0 Å². The molecule has 0 aliphatic heterocycles. The number of unbranched alkanes of at least 4 members (excludes halogenated alkanes) is 9. The summed E-state index contributed by atoms with van der Waals surface area (Å²) in [5.41, 5.74) is 5.29. The molecule has 124 valence electrons. The summed E-state index contributed by atoms with van der Waals surface area (Å²) in [5, 5.41) is 11.3. The van der Waals surface area contributed by atoms with Gasteiger partial charge in [-0.1, -0.05) is 64.7 Å². The van der Waals surface area contributed by atoms with Gasteiger partial charge in [-0.3, -0.25) is 9.59 Å². The van der Waals surface area contributed by atoms with E-state index in [1.807, 2.05) is 0 Å². The van der Waals surface area contributed by atoms with E-state index >= 15 is 0 Å². The van der Waals surface area contributed by atoms with Gasteiger partial charge in [-0.15, -0.1) is 0 Å². The van der Waals surface area contributed by atoms with Crippen molar-refractivity contribution in [3.8, 4) is 0 Å². The van der Waals surface area contributed by atoms with Crippen LogP contribution >= 0.6 is 0 Å². The van der Waals surface area contributed by atoms with Crippen LogP contribution in [0.5, 0.6) is 0 Å². The molecule has 5 nitrogen and oxygen atoms in total. The van der Waals surface area contributed by atoms with Crippen LogP contribution in [0.25, 0.3) is 0 Å². The molecule has 0 spiro atoms. The highest BCUT2D eigenvalue weighted by molar-refractivity contribution is 5.84. The monoisotopic (exact) mass is 300 g/mol. The van der Waals surface area contributed by atoms with Crippen molar-refractivity contribution in [2.24, 2.45) is 5.73 Å². The van der Waals surface area contributed by atoms with Crippen molar-refractivity contribution in [2.75, 3.05) is 6.54 Å². The largest absolute Gasteiger partial charge is 0.480 e. The van der Waals surface area contributed by atoms with Crippen LogP contribution in [0.3, 0.4) is 0 Å². The van der Waals surface area contributed by atoms with E-state index in [9.17, 15) is 9.59 Å². The zero-order valence-electron chi connectivity index (χ0n) is 13.4. The quantitative estimate of drug-likeness (QED) is 0.430. The van der Waals surface area contributed by atoms with Crippen LogP contribution in [-0.4, -0.2) is 29.6 Å². The second kappa shape index (κ2) is 13.9. The van der Waals surface area contributed by atoms with E-state index in [0.29, 0.717) is 6.54 Å². The zero-order valence-corrected chi connectivity index (χ0v) is 13.4. The Bertz CT molecular complexity index is 283. The summed E-state index contributed by atoms with van der Waals surface area (Å²) in [5.74, 6) is -1.41. The molecule has 0 saturated carbocycles. The highest BCUT2D eigenvalue weighted by Gasteiger charge is 2.15. The fourth-order valence-electron chi connectivity index (χ4n) is 2.20. The minimum absolute atomic E-state index is 0.146. The summed E-state index contributed by atoms with van der Waals surface area (Å²) in [4.78, 5) is 21.9. The number of amides is 1. The minimum Gasteiger partial charge on any atom is -0.480 e. The molecule has 0 fully saturated rings. The van der Waals surface area contributed by atoms with Crippen LogP contribution in [0, 0.1) is 0 Å².